The number of H-pyrrole nitrogens is 1. The number of rotatable bonds is 5. The molecule has 5 heteroatoms. The lowest BCUT2D eigenvalue weighted by Crippen LogP contribution is -2.38. The topological polar surface area (TPSA) is 54.6 Å². The van der Waals surface area contributed by atoms with Crippen LogP contribution in [-0.4, -0.2) is 49.3 Å². The lowest BCUT2D eigenvalue weighted by Gasteiger charge is -2.26. The van der Waals surface area contributed by atoms with Gasteiger partial charge in [-0.3, -0.25) is 9.69 Å². The van der Waals surface area contributed by atoms with Crippen LogP contribution in [0.15, 0.2) is 23.0 Å². The van der Waals surface area contributed by atoms with Gasteiger partial charge >= 0.3 is 0 Å². The summed E-state index contributed by atoms with van der Waals surface area (Å²) >= 11 is 0. The van der Waals surface area contributed by atoms with Gasteiger partial charge in [-0.15, -0.1) is 0 Å². The third-order valence-electron chi connectivity index (χ3n) is 5.02. The molecule has 5 nitrogen and oxygen atoms in total. The molecule has 0 amide bonds. The summed E-state index contributed by atoms with van der Waals surface area (Å²) in [5, 5.41) is 0.748. The monoisotopic (exact) mass is 328 g/mol. The van der Waals surface area contributed by atoms with E-state index in [0.29, 0.717) is 12.5 Å². The highest BCUT2D eigenvalue weighted by Gasteiger charge is 2.25. The minimum atomic E-state index is 0.105. The molecule has 1 N–H and O–H groups in total. The highest BCUT2D eigenvalue weighted by Crippen LogP contribution is 2.39. The van der Waals surface area contributed by atoms with E-state index in [4.69, 9.17) is 9.47 Å². The fourth-order valence-corrected chi connectivity index (χ4v) is 3.34. The maximum atomic E-state index is 12.3. The SMILES string of the molecule is Cc1c(OCCN2CCOCC2)ccc2c(=O)cc(C3CC3)[nH]c12. The Balaban J connectivity index is 1.52. The molecule has 0 spiro atoms. The zero-order valence-corrected chi connectivity index (χ0v) is 14.1. The van der Waals surface area contributed by atoms with E-state index in [-0.39, 0.29) is 5.43 Å². The van der Waals surface area contributed by atoms with Crippen LogP contribution in [0, 0.1) is 6.92 Å². The molecule has 1 aromatic heterocycles. The number of pyridine rings is 1. The van der Waals surface area contributed by atoms with Crippen molar-refractivity contribution in [3.8, 4) is 5.75 Å². The zero-order chi connectivity index (χ0) is 16.5. The van der Waals surface area contributed by atoms with Crippen LogP contribution in [0.25, 0.3) is 10.9 Å². The summed E-state index contributed by atoms with van der Waals surface area (Å²) < 4.78 is 11.4. The first-order valence-corrected chi connectivity index (χ1v) is 8.82. The van der Waals surface area contributed by atoms with Crippen molar-refractivity contribution in [2.75, 3.05) is 39.5 Å². The van der Waals surface area contributed by atoms with E-state index in [1.807, 2.05) is 19.1 Å². The van der Waals surface area contributed by atoms with Crippen LogP contribution in [0.2, 0.25) is 0 Å². The average molecular weight is 328 g/mol. The van der Waals surface area contributed by atoms with Gasteiger partial charge in [0.25, 0.3) is 0 Å². The molecule has 0 bridgehead atoms. The minimum absolute atomic E-state index is 0.105. The Bertz CT molecular complexity index is 789. The third-order valence-corrected chi connectivity index (χ3v) is 5.02. The van der Waals surface area contributed by atoms with Gasteiger partial charge in [-0.05, 0) is 37.8 Å². The summed E-state index contributed by atoms with van der Waals surface area (Å²) in [6.45, 7) is 7.13. The fourth-order valence-electron chi connectivity index (χ4n) is 3.34. The number of ether oxygens (including phenoxy) is 2. The number of hydrogen-bond acceptors (Lipinski definition) is 4. The number of aromatic amines is 1. The Morgan fingerprint density at radius 1 is 1.29 bits per heavy atom. The van der Waals surface area contributed by atoms with Crippen LogP contribution in [0.4, 0.5) is 0 Å². The molecule has 1 aliphatic heterocycles. The number of nitrogens with one attached hydrogen (secondary N) is 1. The minimum Gasteiger partial charge on any atom is -0.492 e. The highest BCUT2D eigenvalue weighted by atomic mass is 16.5. The van der Waals surface area contributed by atoms with Crippen molar-refractivity contribution in [3.05, 3.63) is 39.7 Å². The van der Waals surface area contributed by atoms with Crippen molar-refractivity contribution >= 4 is 10.9 Å². The number of fused-ring (bicyclic) bond motifs is 1. The Kier molecular flexibility index (Phi) is 4.29. The Morgan fingerprint density at radius 2 is 2.08 bits per heavy atom. The predicted octanol–water partition coefficient (Wildman–Crippen LogP) is 2.42. The van der Waals surface area contributed by atoms with Gasteiger partial charge in [0, 0.05) is 42.3 Å². The molecule has 1 aliphatic carbocycles. The Hall–Kier alpha value is -1.85. The van der Waals surface area contributed by atoms with Crippen molar-refractivity contribution in [2.45, 2.75) is 25.7 Å². The van der Waals surface area contributed by atoms with Crippen molar-refractivity contribution in [1.29, 1.82) is 0 Å². The Morgan fingerprint density at radius 3 is 2.83 bits per heavy atom. The lowest BCUT2D eigenvalue weighted by molar-refractivity contribution is 0.0322. The molecule has 1 saturated carbocycles. The molecular formula is C19H24N2O3. The largest absolute Gasteiger partial charge is 0.492 e. The van der Waals surface area contributed by atoms with Gasteiger partial charge in [0.05, 0.1) is 18.7 Å². The fraction of sp³-hybridized carbons (Fsp3) is 0.526. The number of benzene rings is 1. The van der Waals surface area contributed by atoms with Crippen LogP contribution >= 0.6 is 0 Å². The molecule has 128 valence electrons. The summed E-state index contributed by atoms with van der Waals surface area (Å²) in [5.74, 6) is 1.40. The Labute approximate surface area is 141 Å². The van der Waals surface area contributed by atoms with Gasteiger partial charge in [0.1, 0.15) is 12.4 Å². The molecule has 24 heavy (non-hydrogen) atoms. The lowest BCUT2D eigenvalue weighted by atomic mass is 10.1. The molecule has 1 aromatic carbocycles. The first kappa shape index (κ1) is 15.7. The second kappa shape index (κ2) is 6.57. The molecule has 1 saturated heterocycles. The van der Waals surface area contributed by atoms with E-state index < -0.39 is 0 Å². The van der Waals surface area contributed by atoms with E-state index in [2.05, 4.69) is 9.88 Å². The van der Waals surface area contributed by atoms with Crippen molar-refractivity contribution in [1.82, 2.24) is 9.88 Å². The standard InChI is InChI=1S/C19H24N2O3/c1-13-18(24-11-8-21-6-9-23-10-7-21)5-4-15-17(22)12-16(14-2-3-14)20-19(13)15/h4-5,12,14H,2-3,6-11H2,1H3,(H,20,22). The van der Waals surface area contributed by atoms with E-state index >= 15 is 0 Å². The van der Waals surface area contributed by atoms with Crippen LogP contribution in [0.1, 0.15) is 30.0 Å². The normalized spacial score (nSPS) is 18.9. The first-order valence-electron chi connectivity index (χ1n) is 8.82. The number of hydrogen-bond donors (Lipinski definition) is 1. The van der Waals surface area contributed by atoms with Gasteiger partial charge < -0.3 is 14.5 Å². The summed E-state index contributed by atoms with van der Waals surface area (Å²) in [4.78, 5) is 18.2. The van der Waals surface area contributed by atoms with Gasteiger partial charge in [-0.25, -0.2) is 0 Å². The third kappa shape index (κ3) is 3.19. The van der Waals surface area contributed by atoms with Crippen LogP contribution < -0.4 is 10.2 Å². The molecule has 2 aliphatic rings. The maximum absolute atomic E-state index is 12.3. The molecule has 0 unspecified atom stereocenters. The second-order valence-corrected chi connectivity index (χ2v) is 6.78. The maximum Gasteiger partial charge on any atom is 0.189 e. The summed E-state index contributed by atoms with van der Waals surface area (Å²) in [7, 11) is 0. The zero-order valence-electron chi connectivity index (χ0n) is 14.1. The average Bonchev–Trinajstić information content (AvgIpc) is 3.43. The van der Waals surface area contributed by atoms with Crippen molar-refractivity contribution < 1.29 is 9.47 Å². The van der Waals surface area contributed by atoms with E-state index in [1.54, 1.807) is 6.07 Å². The summed E-state index contributed by atoms with van der Waals surface area (Å²) in [6, 6.07) is 5.56. The second-order valence-electron chi connectivity index (χ2n) is 6.78. The number of aryl methyl sites for hydroxylation is 1. The highest BCUT2D eigenvalue weighted by molar-refractivity contribution is 5.84. The quantitative estimate of drug-likeness (QED) is 0.916. The molecule has 2 aromatic rings. The first-order chi connectivity index (χ1) is 11.7. The molecule has 0 radical (unpaired) electrons. The van der Waals surface area contributed by atoms with Gasteiger partial charge in [-0.1, -0.05) is 0 Å². The predicted molar refractivity (Wildman–Crippen MR) is 94.0 cm³/mol. The number of nitrogens with zero attached hydrogens (tertiary/aromatic N) is 1. The van der Waals surface area contributed by atoms with Crippen LogP contribution in [0.3, 0.4) is 0 Å². The van der Waals surface area contributed by atoms with E-state index in [9.17, 15) is 4.79 Å². The molecule has 2 fully saturated rings. The summed E-state index contributed by atoms with van der Waals surface area (Å²) in [6.07, 6.45) is 2.35. The number of morpholine rings is 1. The van der Waals surface area contributed by atoms with E-state index in [1.165, 1.54) is 12.8 Å². The smallest absolute Gasteiger partial charge is 0.189 e. The molecule has 0 atom stereocenters. The number of aromatic nitrogens is 1. The van der Waals surface area contributed by atoms with Gasteiger partial charge in [0.2, 0.25) is 0 Å². The molecule has 4 rings (SSSR count). The van der Waals surface area contributed by atoms with Crippen LogP contribution in [0.5, 0.6) is 5.75 Å². The van der Waals surface area contributed by atoms with Gasteiger partial charge in [0.15, 0.2) is 5.43 Å². The van der Waals surface area contributed by atoms with Crippen molar-refractivity contribution in [3.63, 3.8) is 0 Å². The molecule has 2 heterocycles. The van der Waals surface area contributed by atoms with Gasteiger partial charge in [-0.2, -0.15) is 0 Å². The van der Waals surface area contributed by atoms with Crippen LogP contribution in [-0.2, 0) is 4.74 Å². The molecular weight excluding hydrogens is 304 g/mol. The van der Waals surface area contributed by atoms with E-state index in [0.717, 1.165) is 60.8 Å². The van der Waals surface area contributed by atoms with Crippen molar-refractivity contribution in [2.24, 2.45) is 0 Å². The summed E-state index contributed by atoms with van der Waals surface area (Å²) in [5.41, 5.74) is 3.12.